The zero-order valence-electron chi connectivity index (χ0n) is 15.2. The van der Waals surface area contributed by atoms with Gasteiger partial charge in [0.1, 0.15) is 0 Å². The highest BCUT2D eigenvalue weighted by Crippen LogP contribution is 2.21. The highest BCUT2D eigenvalue weighted by Gasteiger charge is 2.10. The third kappa shape index (κ3) is 4.55. The van der Waals surface area contributed by atoms with Crippen LogP contribution in [0.15, 0.2) is 67.4 Å². The first kappa shape index (κ1) is 18.3. The molecule has 138 valence electrons. The predicted octanol–water partition coefficient (Wildman–Crippen LogP) is 3.67. The number of rotatable bonds is 6. The van der Waals surface area contributed by atoms with Gasteiger partial charge in [-0.05, 0) is 35.9 Å². The number of amides is 3. The maximum atomic E-state index is 12.4. The molecule has 0 spiro atoms. The van der Waals surface area contributed by atoms with Crippen molar-refractivity contribution in [3.63, 3.8) is 0 Å². The molecule has 0 radical (unpaired) electrons. The number of para-hydroxylation sites is 1. The van der Waals surface area contributed by atoms with Gasteiger partial charge in [-0.15, -0.1) is 6.58 Å². The van der Waals surface area contributed by atoms with Crippen LogP contribution in [0.4, 0.5) is 16.2 Å². The van der Waals surface area contributed by atoms with Crippen LogP contribution in [0.5, 0.6) is 0 Å². The molecule has 3 N–H and O–H groups in total. The molecule has 0 aliphatic carbocycles. The van der Waals surface area contributed by atoms with Crippen LogP contribution in [0.25, 0.3) is 10.9 Å². The molecule has 2 aromatic carbocycles. The van der Waals surface area contributed by atoms with Crippen molar-refractivity contribution in [3.05, 3.63) is 72.9 Å². The van der Waals surface area contributed by atoms with Gasteiger partial charge in [-0.25, -0.2) is 4.79 Å². The minimum absolute atomic E-state index is 0.0872. The van der Waals surface area contributed by atoms with E-state index in [0.717, 1.165) is 16.5 Å². The highest BCUT2D eigenvalue weighted by atomic mass is 16.2. The van der Waals surface area contributed by atoms with E-state index < -0.39 is 0 Å². The number of carbonyl (C=O) groups is 2. The van der Waals surface area contributed by atoms with E-state index in [1.165, 1.54) is 0 Å². The Bertz CT molecular complexity index is 974. The standard InChI is InChI=1S/C21H22N4O2/c1-3-12-22-21(27)24-17-10-8-16(9-11-17)23-20(26)13-15-14-25(2)19-7-5-4-6-18(15)19/h3-11,14H,1,12-13H2,2H3,(H,23,26)(H2,22,24,27). The van der Waals surface area contributed by atoms with Crippen molar-refractivity contribution in [3.8, 4) is 0 Å². The Morgan fingerprint density at radius 1 is 1.04 bits per heavy atom. The van der Waals surface area contributed by atoms with Gasteiger partial charge in [0.15, 0.2) is 0 Å². The Balaban J connectivity index is 1.60. The number of carbonyl (C=O) groups excluding carboxylic acids is 2. The van der Waals surface area contributed by atoms with Gasteiger partial charge in [0, 0.05) is 42.1 Å². The Morgan fingerprint density at radius 3 is 2.41 bits per heavy atom. The number of aryl methyl sites for hydroxylation is 1. The smallest absolute Gasteiger partial charge is 0.319 e. The van der Waals surface area contributed by atoms with Crippen LogP contribution in [0.3, 0.4) is 0 Å². The molecule has 0 unspecified atom stereocenters. The van der Waals surface area contributed by atoms with E-state index in [2.05, 4.69) is 22.5 Å². The second kappa shape index (κ2) is 8.23. The highest BCUT2D eigenvalue weighted by molar-refractivity contribution is 5.96. The lowest BCUT2D eigenvalue weighted by atomic mass is 10.1. The van der Waals surface area contributed by atoms with Gasteiger partial charge >= 0.3 is 6.03 Å². The van der Waals surface area contributed by atoms with Crippen LogP contribution in [0.2, 0.25) is 0 Å². The largest absolute Gasteiger partial charge is 0.350 e. The van der Waals surface area contributed by atoms with Gasteiger partial charge in [0.05, 0.1) is 6.42 Å². The molecule has 0 aliphatic rings. The van der Waals surface area contributed by atoms with Crippen LogP contribution in [-0.4, -0.2) is 23.1 Å². The molecule has 1 heterocycles. The van der Waals surface area contributed by atoms with Crippen molar-refractivity contribution in [1.29, 1.82) is 0 Å². The van der Waals surface area contributed by atoms with Gasteiger partial charge in [-0.3, -0.25) is 4.79 Å². The molecule has 6 heteroatoms. The van der Waals surface area contributed by atoms with E-state index in [9.17, 15) is 9.59 Å². The third-order valence-corrected chi connectivity index (χ3v) is 4.16. The Kier molecular flexibility index (Phi) is 5.56. The number of hydrogen-bond acceptors (Lipinski definition) is 2. The first-order valence-corrected chi connectivity index (χ1v) is 8.65. The summed E-state index contributed by atoms with van der Waals surface area (Å²) in [5.41, 5.74) is 3.41. The van der Waals surface area contributed by atoms with Crippen molar-refractivity contribution in [2.24, 2.45) is 7.05 Å². The Hall–Kier alpha value is -3.54. The fraction of sp³-hybridized carbons (Fsp3) is 0.143. The monoisotopic (exact) mass is 362 g/mol. The van der Waals surface area contributed by atoms with Gasteiger partial charge in [0.25, 0.3) is 0 Å². The lowest BCUT2D eigenvalue weighted by Gasteiger charge is -2.08. The average Bonchev–Trinajstić information content (AvgIpc) is 2.97. The molecule has 3 rings (SSSR count). The van der Waals surface area contributed by atoms with Crippen molar-refractivity contribution in [2.45, 2.75) is 6.42 Å². The zero-order valence-corrected chi connectivity index (χ0v) is 15.2. The van der Waals surface area contributed by atoms with Crippen LogP contribution in [0, 0.1) is 0 Å². The fourth-order valence-electron chi connectivity index (χ4n) is 2.92. The van der Waals surface area contributed by atoms with E-state index >= 15 is 0 Å². The number of anilines is 2. The SMILES string of the molecule is C=CCNC(=O)Nc1ccc(NC(=O)Cc2cn(C)c3ccccc23)cc1. The van der Waals surface area contributed by atoms with E-state index in [1.807, 2.05) is 42.1 Å². The predicted molar refractivity (Wildman–Crippen MR) is 109 cm³/mol. The summed E-state index contributed by atoms with van der Waals surface area (Å²) in [6.07, 6.45) is 3.89. The summed E-state index contributed by atoms with van der Waals surface area (Å²) >= 11 is 0. The lowest BCUT2D eigenvalue weighted by molar-refractivity contribution is -0.115. The number of aromatic nitrogens is 1. The lowest BCUT2D eigenvalue weighted by Crippen LogP contribution is -2.28. The quantitative estimate of drug-likeness (QED) is 0.585. The first-order valence-electron chi connectivity index (χ1n) is 8.65. The summed E-state index contributed by atoms with van der Waals surface area (Å²) in [4.78, 5) is 24.0. The summed E-state index contributed by atoms with van der Waals surface area (Å²) < 4.78 is 2.02. The number of nitrogens with one attached hydrogen (secondary N) is 3. The number of urea groups is 1. The maximum Gasteiger partial charge on any atom is 0.319 e. The number of benzene rings is 2. The molecular weight excluding hydrogens is 340 g/mol. The van der Waals surface area contributed by atoms with Gasteiger partial charge in [-0.2, -0.15) is 0 Å². The summed E-state index contributed by atoms with van der Waals surface area (Å²) in [6, 6.07) is 14.7. The molecule has 0 fully saturated rings. The van der Waals surface area contributed by atoms with Gasteiger partial charge in [-0.1, -0.05) is 24.3 Å². The van der Waals surface area contributed by atoms with Gasteiger partial charge < -0.3 is 20.5 Å². The van der Waals surface area contributed by atoms with Crippen molar-refractivity contribution in [2.75, 3.05) is 17.2 Å². The molecule has 0 atom stereocenters. The average molecular weight is 362 g/mol. The second-order valence-corrected chi connectivity index (χ2v) is 6.21. The Labute approximate surface area is 157 Å². The number of hydrogen-bond donors (Lipinski definition) is 3. The molecule has 3 amide bonds. The van der Waals surface area contributed by atoms with E-state index in [0.29, 0.717) is 24.3 Å². The van der Waals surface area contributed by atoms with E-state index in [4.69, 9.17) is 0 Å². The van der Waals surface area contributed by atoms with Crippen molar-refractivity contribution >= 4 is 34.2 Å². The molecule has 1 aromatic heterocycles. The van der Waals surface area contributed by atoms with Crippen LogP contribution >= 0.6 is 0 Å². The van der Waals surface area contributed by atoms with Crippen LogP contribution < -0.4 is 16.0 Å². The molecule has 27 heavy (non-hydrogen) atoms. The fourth-order valence-corrected chi connectivity index (χ4v) is 2.92. The minimum Gasteiger partial charge on any atom is -0.350 e. The third-order valence-electron chi connectivity index (χ3n) is 4.16. The molecule has 0 bridgehead atoms. The molecule has 0 aliphatic heterocycles. The van der Waals surface area contributed by atoms with E-state index in [-0.39, 0.29) is 11.9 Å². The van der Waals surface area contributed by atoms with Gasteiger partial charge in [0.2, 0.25) is 5.91 Å². The zero-order chi connectivity index (χ0) is 19.2. The van der Waals surface area contributed by atoms with E-state index in [1.54, 1.807) is 30.3 Å². The first-order chi connectivity index (χ1) is 13.1. The molecular formula is C21H22N4O2. The number of nitrogens with zero attached hydrogens (tertiary/aromatic N) is 1. The maximum absolute atomic E-state index is 12.4. The second-order valence-electron chi connectivity index (χ2n) is 6.21. The molecule has 6 nitrogen and oxygen atoms in total. The summed E-state index contributed by atoms with van der Waals surface area (Å²) in [6.45, 7) is 3.94. The van der Waals surface area contributed by atoms with Crippen LogP contribution in [-0.2, 0) is 18.3 Å². The summed E-state index contributed by atoms with van der Waals surface area (Å²) in [5, 5.41) is 9.31. The summed E-state index contributed by atoms with van der Waals surface area (Å²) in [5.74, 6) is -0.0872. The molecule has 3 aromatic rings. The van der Waals surface area contributed by atoms with Crippen molar-refractivity contribution < 1.29 is 9.59 Å². The Morgan fingerprint density at radius 2 is 1.70 bits per heavy atom. The van der Waals surface area contributed by atoms with Crippen LogP contribution in [0.1, 0.15) is 5.56 Å². The van der Waals surface area contributed by atoms with Crippen molar-refractivity contribution in [1.82, 2.24) is 9.88 Å². The molecule has 0 saturated heterocycles. The number of fused-ring (bicyclic) bond motifs is 1. The topological polar surface area (TPSA) is 75.2 Å². The minimum atomic E-state index is -0.303. The normalized spacial score (nSPS) is 10.4. The molecule has 0 saturated carbocycles. The summed E-state index contributed by atoms with van der Waals surface area (Å²) in [7, 11) is 1.97.